The van der Waals surface area contributed by atoms with Crippen molar-refractivity contribution in [2.24, 2.45) is 11.1 Å². The van der Waals surface area contributed by atoms with Crippen LogP contribution in [0.2, 0.25) is 0 Å². The lowest BCUT2D eigenvalue weighted by atomic mass is 9.67. The molecular formula is C18H29NO2. The molecule has 3 heteroatoms. The average Bonchev–Trinajstić information content (AvgIpc) is 2.50. The summed E-state index contributed by atoms with van der Waals surface area (Å²) in [4.78, 5) is 0. The lowest BCUT2D eigenvalue weighted by Crippen LogP contribution is -2.41. The highest BCUT2D eigenvalue weighted by atomic mass is 16.5. The number of methoxy groups -OCH3 is 1. The minimum Gasteiger partial charge on any atom is -0.496 e. The zero-order valence-electron chi connectivity index (χ0n) is 13.6. The summed E-state index contributed by atoms with van der Waals surface area (Å²) in [5.74, 6) is 0.842. The molecule has 0 spiro atoms. The van der Waals surface area contributed by atoms with E-state index in [0.29, 0.717) is 6.54 Å². The van der Waals surface area contributed by atoms with Crippen LogP contribution in [0.25, 0.3) is 0 Å². The molecule has 118 valence electrons. The van der Waals surface area contributed by atoms with Crippen molar-refractivity contribution in [3.63, 3.8) is 0 Å². The first kappa shape index (κ1) is 16.3. The zero-order valence-corrected chi connectivity index (χ0v) is 13.6. The maximum Gasteiger partial charge on any atom is 0.122 e. The van der Waals surface area contributed by atoms with Crippen LogP contribution in [-0.2, 0) is 0 Å². The predicted molar refractivity (Wildman–Crippen MR) is 86.7 cm³/mol. The Morgan fingerprint density at radius 3 is 2.52 bits per heavy atom. The predicted octanol–water partition coefficient (Wildman–Crippen LogP) is 3.38. The van der Waals surface area contributed by atoms with Crippen molar-refractivity contribution in [3.05, 3.63) is 29.3 Å². The number of nitrogens with two attached hydrogens (primary N) is 1. The second-order valence-electron chi connectivity index (χ2n) is 6.73. The van der Waals surface area contributed by atoms with Crippen LogP contribution < -0.4 is 10.5 Å². The van der Waals surface area contributed by atoms with E-state index in [0.717, 1.165) is 29.7 Å². The maximum atomic E-state index is 11.0. The van der Waals surface area contributed by atoms with Gasteiger partial charge in [-0.15, -0.1) is 0 Å². The van der Waals surface area contributed by atoms with E-state index in [1.807, 2.05) is 19.1 Å². The minimum atomic E-state index is -0.393. The fourth-order valence-corrected chi connectivity index (χ4v) is 3.66. The maximum absolute atomic E-state index is 11.0. The lowest BCUT2D eigenvalue weighted by molar-refractivity contribution is -0.00752. The first-order valence-corrected chi connectivity index (χ1v) is 8.04. The molecule has 1 aromatic carbocycles. The lowest BCUT2D eigenvalue weighted by Gasteiger charge is -2.41. The monoisotopic (exact) mass is 291 g/mol. The summed E-state index contributed by atoms with van der Waals surface area (Å²) in [6.45, 7) is 4.70. The fourth-order valence-electron chi connectivity index (χ4n) is 3.66. The Bertz CT molecular complexity index is 466. The van der Waals surface area contributed by atoms with Gasteiger partial charge in [0, 0.05) is 12.5 Å². The van der Waals surface area contributed by atoms with E-state index in [1.54, 1.807) is 7.11 Å². The van der Waals surface area contributed by atoms with Crippen molar-refractivity contribution in [2.75, 3.05) is 13.7 Å². The molecule has 0 bridgehead atoms. The molecule has 0 aromatic heterocycles. The summed E-state index contributed by atoms with van der Waals surface area (Å²) in [6, 6.07) is 6.15. The number of aliphatic hydroxyl groups excluding tert-OH is 1. The third kappa shape index (κ3) is 3.41. The van der Waals surface area contributed by atoms with Crippen molar-refractivity contribution < 1.29 is 9.84 Å². The van der Waals surface area contributed by atoms with E-state index in [2.05, 4.69) is 13.0 Å². The topological polar surface area (TPSA) is 55.5 Å². The van der Waals surface area contributed by atoms with E-state index in [4.69, 9.17) is 10.5 Å². The molecule has 2 rings (SSSR count). The third-order valence-electron chi connectivity index (χ3n) is 5.21. The van der Waals surface area contributed by atoms with E-state index in [9.17, 15) is 5.11 Å². The molecule has 2 unspecified atom stereocenters. The van der Waals surface area contributed by atoms with Gasteiger partial charge in [0.1, 0.15) is 5.75 Å². The second kappa shape index (κ2) is 6.80. The molecule has 1 aliphatic carbocycles. The van der Waals surface area contributed by atoms with Crippen LogP contribution in [0.1, 0.15) is 56.1 Å². The zero-order chi connectivity index (χ0) is 15.5. The first-order valence-electron chi connectivity index (χ1n) is 8.04. The molecular weight excluding hydrogens is 262 g/mol. The number of aryl methyl sites for hydroxylation is 1. The smallest absolute Gasteiger partial charge is 0.122 e. The largest absolute Gasteiger partial charge is 0.496 e. The molecule has 1 fully saturated rings. The van der Waals surface area contributed by atoms with Gasteiger partial charge in [-0.2, -0.15) is 0 Å². The minimum absolute atomic E-state index is 0.0135. The van der Waals surface area contributed by atoms with Gasteiger partial charge >= 0.3 is 0 Å². The van der Waals surface area contributed by atoms with Gasteiger partial charge in [-0.25, -0.2) is 0 Å². The highest BCUT2D eigenvalue weighted by Gasteiger charge is 2.39. The number of benzene rings is 1. The molecule has 1 aromatic rings. The van der Waals surface area contributed by atoms with Crippen LogP contribution in [0.15, 0.2) is 18.2 Å². The van der Waals surface area contributed by atoms with E-state index in [1.165, 1.54) is 19.3 Å². The van der Waals surface area contributed by atoms with Crippen LogP contribution in [-0.4, -0.2) is 24.9 Å². The van der Waals surface area contributed by atoms with Crippen LogP contribution in [0.5, 0.6) is 5.75 Å². The van der Waals surface area contributed by atoms with Gasteiger partial charge in [-0.3, -0.25) is 0 Å². The van der Waals surface area contributed by atoms with Crippen molar-refractivity contribution in [3.8, 4) is 5.75 Å². The molecule has 0 aliphatic heterocycles. The highest BCUT2D eigenvalue weighted by Crippen LogP contribution is 2.43. The van der Waals surface area contributed by atoms with Gasteiger partial charge in [0.25, 0.3) is 0 Å². The van der Waals surface area contributed by atoms with Gasteiger partial charge in [-0.05, 0) is 42.4 Å². The van der Waals surface area contributed by atoms with Gasteiger partial charge in [-0.1, -0.05) is 38.3 Å². The normalized spacial score (nSPS) is 20.8. The van der Waals surface area contributed by atoms with Crippen LogP contribution in [0.3, 0.4) is 0 Å². The summed E-state index contributed by atoms with van der Waals surface area (Å²) in [6.07, 6.45) is 5.49. The number of hydrogen-bond acceptors (Lipinski definition) is 3. The Labute approximate surface area is 128 Å². The fraction of sp³-hybridized carbons (Fsp3) is 0.667. The number of hydrogen-bond donors (Lipinski definition) is 2. The van der Waals surface area contributed by atoms with Crippen molar-refractivity contribution in [1.29, 1.82) is 0 Å². The molecule has 3 N–H and O–H groups in total. The molecule has 0 amide bonds. The van der Waals surface area contributed by atoms with Crippen molar-refractivity contribution >= 4 is 0 Å². The second-order valence-corrected chi connectivity index (χ2v) is 6.73. The Morgan fingerprint density at radius 1 is 1.29 bits per heavy atom. The molecule has 1 saturated carbocycles. The molecule has 3 nitrogen and oxygen atoms in total. The summed E-state index contributed by atoms with van der Waals surface area (Å²) in [7, 11) is 1.68. The van der Waals surface area contributed by atoms with Crippen LogP contribution >= 0.6 is 0 Å². The molecule has 2 atom stereocenters. The van der Waals surface area contributed by atoms with Crippen molar-refractivity contribution in [2.45, 2.75) is 58.0 Å². The third-order valence-corrected chi connectivity index (χ3v) is 5.21. The quantitative estimate of drug-likeness (QED) is 0.874. The van der Waals surface area contributed by atoms with E-state index in [-0.39, 0.29) is 11.3 Å². The van der Waals surface area contributed by atoms with Gasteiger partial charge in [0.2, 0.25) is 0 Å². The standard InChI is InChI=1S/C18H29NO2/c1-13-7-8-14(11-16(13)21-3)15(12-19)17(20)18(2)9-5-4-6-10-18/h7-8,11,15,17,20H,4-6,9-10,12,19H2,1-3H3. The first-order chi connectivity index (χ1) is 10.0. The Morgan fingerprint density at radius 2 is 1.95 bits per heavy atom. The Hall–Kier alpha value is -1.06. The molecule has 0 saturated heterocycles. The number of ether oxygens (including phenoxy) is 1. The van der Waals surface area contributed by atoms with E-state index >= 15 is 0 Å². The Balaban J connectivity index is 2.26. The van der Waals surface area contributed by atoms with E-state index < -0.39 is 6.10 Å². The number of aliphatic hydroxyl groups is 1. The Kier molecular flexibility index (Phi) is 5.28. The van der Waals surface area contributed by atoms with Gasteiger partial charge in [0.15, 0.2) is 0 Å². The van der Waals surface area contributed by atoms with Gasteiger partial charge in [0.05, 0.1) is 13.2 Å². The summed E-state index contributed by atoms with van der Waals surface area (Å²) >= 11 is 0. The van der Waals surface area contributed by atoms with Crippen LogP contribution in [0, 0.1) is 12.3 Å². The van der Waals surface area contributed by atoms with Crippen molar-refractivity contribution in [1.82, 2.24) is 0 Å². The SMILES string of the molecule is COc1cc(C(CN)C(O)C2(C)CCCCC2)ccc1C. The average molecular weight is 291 g/mol. The summed E-state index contributed by atoms with van der Waals surface area (Å²) < 4.78 is 5.41. The van der Waals surface area contributed by atoms with Crippen LogP contribution in [0.4, 0.5) is 0 Å². The summed E-state index contributed by atoms with van der Waals surface area (Å²) in [5, 5.41) is 11.0. The summed E-state index contributed by atoms with van der Waals surface area (Å²) in [5.41, 5.74) is 8.18. The molecule has 21 heavy (non-hydrogen) atoms. The highest BCUT2D eigenvalue weighted by molar-refractivity contribution is 5.38. The molecule has 0 heterocycles. The number of rotatable bonds is 5. The molecule has 1 aliphatic rings. The van der Waals surface area contributed by atoms with Gasteiger partial charge < -0.3 is 15.6 Å². The molecule has 0 radical (unpaired) electrons.